The van der Waals surface area contributed by atoms with Crippen molar-refractivity contribution in [3.8, 4) is 11.5 Å². The zero-order valence-electron chi connectivity index (χ0n) is 10.6. The molecule has 4 nitrogen and oxygen atoms in total. The molecular formula is C15H15NO3. The Hall–Kier alpha value is -2.49. The first-order valence-electron chi connectivity index (χ1n) is 5.92. The van der Waals surface area contributed by atoms with Crippen LogP contribution in [0.4, 0.5) is 0 Å². The standard InChI is InChI=1S/C15H15NO3/c1-10-7-12(5-6-14(10)18)15(19)16-9-11-3-2-4-13(17)8-11/h2-8,17-18H,9H2,1H3,(H,16,19). The lowest BCUT2D eigenvalue weighted by Crippen LogP contribution is -2.22. The van der Waals surface area contributed by atoms with Crippen LogP contribution in [0.1, 0.15) is 21.5 Å². The van der Waals surface area contributed by atoms with E-state index in [4.69, 9.17) is 0 Å². The quantitative estimate of drug-likeness (QED) is 0.790. The van der Waals surface area contributed by atoms with Crippen molar-refractivity contribution in [1.82, 2.24) is 5.32 Å². The van der Waals surface area contributed by atoms with Crippen molar-refractivity contribution in [3.63, 3.8) is 0 Å². The lowest BCUT2D eigenvalue weighted by molar-refractivity contribution is 0.0950. The van der Waals surface area contributed by atoms with E-state index in [-0.39, 0.29) is 17.4 Å². The Bertz CT molecular complexity index is 608. The third kappa shape index (κ3) is 3.25. The third-order valence-corrected chi connectivity index (χ3v) is 2.82. The van der Waals surface area contributed by atoms with E-state index in [1.165, 1.54) is 6.07 Å². The van der Waals surface area contributed by atoms with Crippen LogP contribution in [0.15, 0.2) is 42.5 Å². The molecule has 0 fully saturated rings. The smallest absolute Gasteiger partial charge is 0.251 e. The van der Waals surface area contributed by atoms with Gasteiger partial charge >= 0.3 is 0 Å². The van der Waals surface area contributed by atoms with Crippen molar-refractivity contribution in [2.75, 3.05) is 0 Å². The maximum atomic E-state index is 11.9. The first-order chi connectivity index (χ1) is 9.06. The third-order valence-electron chi connectivity index (χ3n) is 2.82. The van der Waals surface area contributed by atoms with E-state index >= 15 is 0 Å². The molecule has 2 aromatic carbocycles. The number of rotatable bonds is 3. The van der Waals surface area contributed by atoms with E-state index in [0.29, 0.717) is 17.7 Å². The molecule has 3 N–H and O–H groups in total. The summed E-state index contributed by atoms with van der Waals surface area (Å²) >= 11 is 0. The second-order valence-corrected chi connectivity index (χ2v) is 4.35. The number of carbonyl (C=O) groups excluding carboxylic acids is 1. The molecule has 4 heteroatoms. The highest BCUT2D eigenvalue weighted by Gasteiger charge is 2.07. The van der Waals surface area contributed by atoms with Gasteiger partial charge in [0.25, 0.3) is 5.91 Å². The van der Waals surface area contributed by atoms with Crippen molar-refractivity contribution in [2.45, 2.75) is 13.5 Å². The summed E-state index contributed by atoms with van der Waals surface area (Å²) in [5, 5.41) is 21.5. The van der Waals surface area contributed by atoms with Gasteiger partial charge in [0, 0.05) is 12.1 Å². The molecule has 0 atom stereocenters. The Morgan fingerprint density at radius 2 is 1.95 bits per heavy atom. The number of benzene rings is 2. The highest BCUT2D eigenvalue weighted by Crippen LogP contribution is 2.17. The van der Waals surface area contributed by atoms with Crippen molar-refractivity contribution >= 4 is 5.91 Å². The van der Waals surface area contributed by atoms with E-state index < -0.39 is 0 Å². The van der Waals surface area contributed by atoms with Crippen molar-refractivity contribution in [1.29, 1.82) is 0 Å². The summed E-state index contributed by atoms with van der Waals surface area (Å²) < 4.78 is 0. The number of phenolic OH excluding ortho intramolecular Hbond substituents is 2. The normalized spacial score (nSPS) is 10.2. The minimum Gasteiger partial charge on any atom is -0.508 e. The summed E-state index contributed by atoms with van der Waals surface area (Å²) in [7, 11) is 0. The van der Waals surface area contributed by atoms with Gasteiger partial charge in [-0.3, -0.25) is 4.79 Å². The Balaban J connectivity index is 2.03. The second kappa shape index (κ2) is 5.44. The van der Waals surface area contributed by atoms with Gasteiger partial charge < -0.3 is 15.5 Å². The summed E-state index contributed by atoms with van der Waals surface area (Å²) in [6.45, 7) is 2.08. The van der Waals surface area contributed by atoms with Gasteiger partial charge in [0.1, 0.15) is 11.5 Å². The SMILES string of the molecule is Cc1cc(C(=O)NCc2cccc(O)c2)ccc1O. The van der Waals surface area contributed by atoms with Gasteiger partial charge in [-0.1, -0.05) is 12.1 Å². The van der Waals surface area contributed by atoms with Crippen LogP contribution in [0.3, 0.4) is 0 Å². The number of phenols is 2. The monoisotopic (exact) mass is 257 g/mol. The summed E-state index contributed by atoms with van der Waals surface area (Å²) in [5.41, 5.74) is 1.98. The van der Waals surface area contributed by atoms with Crippen LogP contribution in [0.2, 0.25) is 0 Å². The molecule has 0 aromatic heterocycles. The number of aryl methyl sites for hydroxylation is 1. The molecule has 1 amide bonds. The average Bonchev–Trinajstić information content (AvgIpc) is 2.39. The van der Waals surface area contributed by atoms with Gasteiger partial charge in [0.05, 0.1) is 0 Å². The number of carbonyl (C=O) groups is 1. The molecule has 0 saturated heterocycles. The molecule has 2 aromatic rings. The number of nitrogens with one attached hydrogen (secondary N) is 1. The predicted molar refractivity (Wildman–Crippen MR) is 72.1 cm³/mol. The van der Waals surface area contributed by atoms with Crippen LogP contribution >= 0.6 is 0 Å². The minimum absolute atomic E-state index is 0.171. The first-order valence-corrected chi connectivity index (χ1v) is 5.92. The van der Waals surface area contributed by atoms with Gasteiger partial charge in [-0.15, -0.1) is 0 Å². The first kappa shape index (κ1) is 13.0. The Morgan fingerprint density at radius 3 is 2.63 bits per heavy atom. The molecule has 0 spiro atoms. The molecule has 0 aliphatic rings. The molecule has 0 saturated carbocycles. The minimum atomic E-state index is -0.216. The van der Waals surface area contributed by atoms with Crippen LogP contribution in [0.5, 0.6) is 11.5 Å². The van der Waals surface area contributed by atoms with Gasteiger partial charge in [0.2, 0.25) is 0 Å². The van der Waals surface area contributed by atoms with Gasteiger partial charge in [-0.2, -0.15) is 0 Å². The van der Waals surface area contributed by atoms with Crippen LogP contribution in [-0.2, 0) is 6.54 Å². The maximum absolute atomic E-state index is 11.9. The zero-order chi connectivity index (χ0) is 13.8. The molecule has 0 radical (unpaired) electrons. The molecule has 0 aliphatic heterocycles. The van der Waals surface area contributed by atoms with Gasteiger partial charge in [-0.25, -0.2) is 0 Å². The summed E-state index contributed by atoms with van der Waals surface area (Å²) in [6.07, 6.45) is 0. The maximum Gasteiger partial charge on any atom is 0.251 e. The average molecular weight is 257 g/mol. The molecule has 2 rings (SSSR count). The molecule has 19 heavy (non-hydrogen) atoms. The van der Waals surface area contributed by atoms with Crippen molar-refractivity contribution < 1.29 is 15.0 Å². The van der Waals surface area contributed by atoms with Crippen LogP contribution in [0.25, 0.3) is 0 Å². The Morgan fingerprint density at radius 1 is 1.16 bits per heavy atom. The Kier molecular flexibility index (Phi) is 3.71. The number of hydrogen-bond donors (Lipinski definition) is 3. The van der Waals surface area contributed by atoms with Crippen LogP contribution in [-0.4, -0.2) is 16.1 Å². The molecule has 0 bridgehead atoms. The van der Waals surface area contributed by atoms with Gasteiger partial charge in [0.15, 0.2) is 0 Å². The second-order valence-electron chi connectivity index (χ2n) is 4.35. The molecule has 0 heterocycles. The number of hydrogen-bond acceptors (Lipinski definition) is 3. The number of amides is 1. The fourth-order valence-electron chi connectivity index (χ4n) is 1.75. The molecule has 98 valence electrons. The lowest BCUT2D eigenvalue weighted by atomic mass is 10.1. The number of aromatic hydroxyl groups is 2. The Labute approximate surface area is 111 Å². The van der Waals surface area contributed by atoms with E-state index in [1.54, 1.807) is 37.3 Å². The fraction of sp³-hybridized carbons (Fsp3) is 0.133. The van der Waals surface area contributed by atoms with E-state index in [1.807, 2.05) is 6.07 Å². The summed E-state index contributed by atoms with van der Waals surface area (Å²) in [6, 6.07) is 11.4. The van der Waals surface area contributed by atoms with Crippen LogP contribution in [0, 0.1) is 6.92 Å². The van der Waals surface area contributed by atoms with Crippen LogP contribution < -0.4 is 5.32 Å². The van der Waals surface area contributed by atoms with E-state index in [0.717, 1.165) is 5.56 Å². The topological polar surface area (TPSA) is 69.6 Å². The van der Waals surface area contributed by atoms with Gasteiger partial charge in [-0.05, 0) is 48.4 Å². The highest BCUT2D eigenvalue weighted by molar-refractivity contribution is 5.94. The summed E-state index contributed by atoms with van der Waals surface area (Å²) in [5.74, 6) is 0.128. The summed E-state index contributed by atoms with van der Waals surface area (Å²) in [4.78, 5) is 11.9. The molecular weight excluding hydrogens is 242 g/mol. The van der Waals surface area contributed by atoms with E-state index in [9.17, 15) is 15.0 Å². The highest BCUT2D eigenvalue weighted by atomic mass is 16.3. The molecule has 0 aliphatic carbocycles. The fourth-order valence-corrected chi connectivity index (χ4v) is 1.75. The zero-order valence-corrected chi connectivity index (χ0v) is 10.6. The lowest BCUT2D eigenvalue weighted by Gasteiger charge is -2.07. The predicted octanol–water partition coefficient (Wildman–Crippen LogP) is 2.34. The van der Waals surface area contributed by atoms with E-state index in [2.05, 4.69) is 5.32 Å². The largest absolute Gasteiger partial charge is 0.508 e. The molecule has 0 unspecified atom stereocenters. The van der Waals surface area contributed by atoms with Crippen molar-refractivity contribution in [3.05, 3.63) is 59.2 Å². The van der Waals surface area contributed by atoms with Crippen molar-refractivity contribution in [2.24, 2.45) is 0 Å².